The fourth-order valence-electron chi connectivity index (χ4n) is 4.87. The highest BCUT2D eigenvalue weighted by Crippen LogP contribution is 2.37. The summed E-state index contributed by atoms with van der Waals surface area (Å²) in [6.07, 6.45) is -3.76. The minimum atomic E-state index is -4.92. The summed E-state index contributed by atoms with van der Waals surface area (Å²) < 4.78 is 75.0. The van der Waals surface area contributed by atoms with Crippen LogP contribution in [-0.2, 0) is 21.2 Å². The van der Waals surface area contributed by atoms with Crippen LogP contribution >= 0.6 is 11.6 Å². The number of sulfone groups is 1. The van der Waals surface area contributed by atoms with Gasteiger partial charge in [0.05, 0.1) is 18.1 Å². The normalized spacial score (nSPS) is 18.4. The predicted octanol–water partition coefficient (Wildman–Crippen LogP) is 4.66. The van der Waals surface area contributed by atoms with Crippen molar-refractivity contribution in [1.82, 2.24) is 14.5 Å². The Hall–Kier alpha value is -3.78. The molecule has 0 saturated carbocycles. The number of aromatic nitrogens is 2. The molecule has 2 amide bonds. The van der Waals surface area contributed by atoms with E-state index in [1.807, 2.05) is 6.92 Å². The molecule has 3 heterocycles. The number of hydrogen-bond donors (Lipinski definition) is 0. The molecule has 3 aromatic rings. The molecule has 15 heteroatoms. The minimum Gasteiger partial charge on any atom is -0.425 e. The number of rotatable bonds is 8. The fraction of sp³-hybridized carbons (Fsp3) is 0.370. The molecule has 224 valence electrons. The smallest absolute Gasteiger partial charge is 0.425 e. The third-order valence-corrected chi connectivity index (χ3v) is 8.73. The van der Waals surface area contributed by atoms with Crippen molar-refractivity contribution in [3.63, 3.8) is 0 Å². The average molecular weight is 627 g/mol. The van der Waals surface area contributed by atoms with Crippen LogP contribution in [0.15, 0.2) is 48.5 Å². The summed E-state index contributed by atoms with van der Waals surface area (Å²) in [6.45, 7) is 1.89. The number of imide groups is 1. The zero-order chi connectivity index (χ0) is 30.2. The number of benzene rings is 2. The first-order valence-corrected chi connectivity index (χ1v) is 15.3. The van der Waals surface area contributed by atoms with Crippen LogP contribution < -0.4 is 14.4 Å². The number of alkyl halides is 3. The molecule has 0 aliphatic carbocycles. The lowest BCUT2D eigenvalue weighted by Crippen LogP contribution is -2.56. The maximum absolute atomic E-state index is 14.0. The van der Waals surface area contributed by atoms with Crippen molar-refractivity contribution in [2.24, 2.45) is 0 Å². The number of carbonyl (C=O) groups is 2. The number of ether oxygens (including phenoxy) is 2. The summed E-state index contributed by atoms with van der Waals surface area (Å²) in [7, 11) is -3.58. The second-order valence-electron chi connectivity index (χ2n) is 9.88. The zero-order valence-corrected chi connectivity index (χ0v) is 23.9. The van der Waals surface area contributed by atoms with Crippen molar-refractivity contribution in [2.75, 3.05) is 29.5 Å². The van der Waals surface area contributed by atoms with E-state index in [4.69, 9.17) is 16.3 Å². The quantitative estimate of drug-likeness (QED) is 0.332. The van der Waals surface area contributed by atoms with Gasteiger partial charge in [0.2, 0.25) is 0 Å². The third kappa shape index (κ3) is 6.33. The molecule has 0 bridgehead atoms. The van der Waals surface area contributed by atoms with E-state index in [0.29, 0.717) is 23.4 Å². The van der Waals surface area contributed by atoms with Crippen molar-refractivity contribution >= 4 is 39.1 Å². The van der Waals surface area contributed by atoms with Gasteiger partial charge in [-0.15, -0.1) is 13.2 Å². The van der Waals surface area contributed by atoms with E-state index < -0.39 is 45.6 Å². The van der Waals surface area contributed by atoms with E-state index in [2.05, 4.69) is 9.72 Å². The Morgan fingerprint density at radius 2 is 1.81 bits per heavy atom. The first kappa shape index (κ1) is 29.7. The summed E-state index contributed by atoms with van der Waals surface area (Å²) in [5.41, 5.74) is 0.675. The van der Waals surface area contributed by atoms with Gasteiger partial charge in [0, 0.05) is 24.2 Å². The molecule has 1 atom stereocenters. The molecule has 2 aliphatic heterocycles. The lowest BCUT2D eigenvalue weighted by atomic mass is 10.2. The Balaban J connectivity index is 1.65. The molecule has 42 heavy (non-hydrogen) atoms. The summed E-state index contributed by atoms with van der Waals surface area (Å²) >= 11 is 6.05. The first-order chi connectivity index (χ1) is 19.8. The monoisotopic (exact) mass is 626 g/mol. The van der Waals surface area contributed by atoms with E-state index in [0.717, 1.165) is 17.0 Å². The lowest BCUT2D eigenvalue weighted by Gasteiger charge is -2.34. The van der Waals surface area contributed by atoms with Crippen LogP contribution in [0.2, 0.25) is 5.02 Å². The number of amides is 2. The number of imidazole rings is 1. The van der Waals surface area contributed by atoms with Gasteiger partial charge in [0.15, 0.2) is 21.3 Å². The Morgan fingerprint density at radius 3 is 2.50 bits per heavy atom. The maximum Gasteiger partial charge on any atom is 0.573 e. The van der Waals surface area contributed by atoms with Crippen molar-refractivity contribution in [3.05, 3.63) is 64.8 Å². The maximum atomic E-state index is 14.0. The first-order valence-electron chi connectivity index (χ1n) is 13.1. The van der Waals surface area contributed by atoms with Gasteiger partial charge in [-0.3, -0.25) is 19.1 Å². The van der Waals surface area contributed by atoms with E-state index in [-0.39, 0.29) is 48.7 Å². The van der Waals surface area contributed by atoms with E-state index in [1.165, 1.54) is 21.6 Å². The highest BCUT2D eigenvalue weighted by atomic mass is 35.5. The molecular formula is C27H26ClF3N4O6S. The van der Waals surface area contributed by atoms with Gasteiger partial charge < -0.3 is 14.4 Å². The number of hydrogen-bond acceptors (Lipinski definition) is 8. The highest BCUT2D eigenvalue weighted by Gasteiger charge is 2.47. The molecule has 5 rings (SSSR count). The summed E-state index contributed by atoms with van der Waals surface area (Å²) in [5.74, 6) is -2.58. The van der Waals surface area contributed by atoms with Crippen molar-refractivity contribution < 1.29 is 40.7 Å². The van der Waals surface area contributed by atoms with Gasteiger partial charge in [-0.2, -0.15) is 4.98 Å². The van der Waals surface area contributed by atoms with E-state index in [9.17, 15) is 31.2 Å². The summed E-state index contributed by atoms with van der Waals surface area (Å²) in [5, 5.41) is 0.478. The van der Waals surface area contributed by atoms with Crippen LogP contribution in [-0.4, -0.2) is 71.7 Å². The van der Waals surface area contributed by atoms with Crippen LogP contribution in [0.1, 0.15) is 35.8 Å². The van der Waals surface area contributed by atoms with Crippen LogP contribution in [0.3, 0.4) is 0 Å². The Labute approximate surface area is 244 Å². The number of halogens is 4. The van der Waals surface area contributed by atoms with Gasteiger partial charge in [0.25, 0.3) is 11.8 Å². The van der Waals surface area contributed by atoms with Gasteiger partial charge in [-0.25, -0.2) is 8.42 Å². The molecule has 10 nitrogen and oxygen atoms in total. The Kier molecular flexibility index (Phi) is 8.12. The number of carbonyl (C=O) groups excluding carboxylic acids is 2. The van der Waals surface area contributed by atoms with Gasteiger partial charge in [0.1, 0.15) is 17.5 Å². The molecule has 0 radical (unpaired) electrons. The van der Waals surface area contributed by atoms with Gasteiger partial charge >= 0.3 is 12.4 Å². The molecule has 2 aromatic carbocycles. The summed E-state index contributed by atoms with van der Waals surface area (Å²) in [4.78, 5) is 34.7. The van der Waals surface area contributed by atoms with Crippen LogP contribution in [0.4, 0.5) is 19.0 Å². The third-order valence-electron chi connectivity index (χ3n) is 6.85. The van der Waals surface area contributed by atoms with Gasteiger partial charge in [-0.1, -0.05) is 43.1 Å². The molecule has 1 unspecified atom stereocenters. The largest absolute Gasteiger partial charge is 0.573 e. The number of anilines is 1. The zero-order valence-electron chi connectivity index (χ0n) is 22.3. The molecule has 0 spiro atoms. The molecular weight excluding hydrogens is 601 g/mol. The number of unbranched alkanes of at least 4 members (excludes halogenated alkanes) is 1. The summed E-state index contributed by atoms with van der Waals surface area (Å²) in [6, 6.07) is 10.2. The Morgan fingerprint density at radius 1 is 1.10 bits per heavy atom. The SMILES string of the molecule is CCCCN1C(=O)c2c(nc(Oc3cccc(OC(F)(F)F)c3)n2Cc2ccc(Cl)cc2)N2CCS(=O)(=O)CC2C1=O. The number of nitrogens with zero attached hydrogens (tertiary/aromatic N) is 4. The predicted molar refractivity (Wildman–Crippen MR) is 147 cm³/mol. The molecule has 2 aliphatic rings. The molecule has 1 fully saturated rings. The van der Waals surface area contributed by atoms with Gasteiger partial charge in [-0.05, 0) is 36.2 Å². The molecule has 1 aromatic heterocycles. The van der Waals surface area contributed by atoms with E-state index >= 15 is 0 Å². The van der Waals surface area contributed by atoms with Crippen molar-refractivity contribution in [2.45, 2.75) is 38.7 Å². The molecule has 0 N–H and O–H groups in total. The van der Waals surface area contributed by atoms with Crippen LogP contribution in [0, 0.1) is 0 Å². The highest BCUT2D eigenvalue weighted by molar-refractivity contribution is 7.91. The lowest BCUT2D eigenvalue weighted by molar-refractivity contribution is -0.274. The molecule has 1 saturated heterocycles. The van der Waals surface area contributed by atoms with Crippen molar-refractivity contribution in [3.8, 4) is 17.5 Å². The second kappa shape index (κ2) is 11.5. The average Bonchev–Trinajstić information content (AvgIpc) is 3.22. The number of fused-ring (bicyclic) bond motifs is 3. The fourth-order valence-corrected chi connectivity index (χ4v) is 6.44. The second-order valence-corrected chi connectivity index (χ2v) is 12.5. The minimum absolute atomic E-state index is 0.00565. The van der Waals surface area contributed by atoms with Crippen LogP contribution in [0.25, 0.3) is 0 Å². The Bertz CT molecular complexity index is 1610. The van der Waals surface area contributed by atoms with E-state index in [1.54, 1.807) is 24.3 Å². The van der Waals surface area contributed by atoms with Crippen LogP contribution in [0.5, 0.6) is 17.5 Å². The topological polar surface area (TPSA) is 111 Å². The standard InChI is InChI=1S/C27H26ClF3N4O6S/c1-2-3-11-34-24(36)21-16-42(38,39)13-12-33(21)23-22(25(34)37)35(15-17-7-9-18(28)10-8-17)26(32-23)40-19-5-4-6-20(14-19)41-27(29,30)31/h4-10,14,21H,2-3,11-13,15-16H2,1H3. The van der Waals surface area contributed by atoms with Crippen molar-refractivity contribution in [1.29, 1.82) is 0 Å².